The van der Waals surface area contributed by atoms with Crippen molar-refractivity contribution in [2.24, 2.45) is 0 Å². The molecule has 0 bridgehead atoms. The van der Waals surface area contributed by atoms with Crippen molar-refractivity contribution in [1.29, 1.82) is 0 Å². The summed E-state index contributed by atoms with van der Waals surface area (Å²) in [7, 11) is 3.07. The molecule has 1 fully saturated rings. The number of nitrogens with one attached hydrogen (secondary N) is 1. The van der Waals surface area contributed by atoms with Crippen LogP contribution in [0.4, 0.5) is 10.1 Å². The lowest BCUT2D eigenvalue weighted by molar-refractivity contribution is -0.118. The summed E-state index contributed by atoms with van der Waals surface area (Å²) in [6, 6.07) is 5.10. The Morgan fingerprint density at radius 2 is 2.26 bits per heavy atom. The number of methoxy groups -OCH3 is 1. The van der Waals surface area contributed by atoms with Gasteiger partial charge in [-0.15, -0.1) is 0 Å². The largest absolute Gasteiger partial charge is 0.494 e. The van der Waals surface area contributed by atoms with Crippen molar-refractivity contribution < 1.29 is 13.9 Å². The first-order valence-corrected chi connectivity index (χ1v) is 6.45. The third-order valence-electron chi connectivity index (χ3n) is 3.25. The molecule has 1 saturated carbocycles. The van der Waals surface area contributed by atoms with Crippen molar-refractivity contribution in [3.63, 3.8) is 0 Å². The lowest BCUT2D eigenvalue weighted by atomic mass is 10.2. The van der Waals surface area contributed by atoms with Crippen molar-refractivity contribution in [2.75, 3.05) is 25.6 Å². The molecule has 19 heavy (non-hydrogen) atoms. The fourth-order valence-electron chi connectivity index (χ4n) is 1.85. The summed E-state index contributed by atoms with van der Waals surface area (Å²) in [5.74, 6) is -0.312. The predicted octanol–water partition coefficient (Wildman–Crippen LogP) is 1.94. The number of benzene rings is 1. The Kier molecular flexibility index (Phi) is 4.37. The van der Waals surface area contributed by atoms with Crippen molar-refractivity contribution >= 4 is 11.6 Å². The van der Waals surface area contributed by atoms with Crippen LogP contribution >= 0.6 is 0 Å². The van der Waals surface area contributed by atoms with E-state index in [1.807, 2.05) is 0 Å². The molecule has 1 N–H and O–H groups in total. The molecule has 0 aromatic heterocycles. The molecule has 1 aliphatic rings. The Morgan fingerprint density at radius 3 is 2.84 bits per heavy atom. The molecule has 0 radical (unpaired) electrons. The molecule has 104 valence electrons. The van der Waals surface area contributed by atoms with Crippen LogP contribution in [-0.4, -0.2) is 32.7 Å². The van der Waals surface area contributed by atoms with Gasteiger partial charge in [-0.25, -0.2) is 4.39 Å². The maximum atomic E-state index is 13.6. The van der Waals surface area contributed by atoms with Crippen LogP contribution in [0.25, 0.3) is 0 Å². The van der Waals surface area contributed by atoms with E-state index in [9.17, 15) is 9.18 Å². The average Bonchev–Trinajstić information content (AvgIpc) is 3.21. The van der Waals surface area contributed by atoms with Crippen LogP contribution in [0.5, 0.6) is 5.75 Å². The SMILES string of the molecule is COc1ccc(N(C)C(=O)CCNC2CC2)cc1F. The highest BCUT2D eigenvalue weighted by Crippen LogP contribution is 2.23. The van der Waals surface area contributed by atoms with Crippen LogP contribution < -0.4 is 15.0 Å². The molecule has 4 nitrogen and oxygen atoms in total. The van der Waals surface area contributed by atoms with Gasteiger partial charge in [0.25, 0.3) is 0 Å². The molecule has 0 atom stereocenters. The minimum Gasteiger partial charge on any atom is -0.494 e. The highest BCUT2D eigenvalue weighted by Gasteiger charge is 2.21. The van der Waals surface area contributed by atoms with Crippen LogP contribution in [0, 0.1) is 5.82 Å². The van der Waals surface area contributed by atoms with Gasteiger partial charge in [0.15, 0.2) is 11.6 Å². The predicted molar refractivity (Wildman–Crippen MR) is 72.0 cm³/mol. The van der Waals surface area contributed by atoms with Gasteiger partial charge in [-0.05, 0) is 25.0 Å². The van der Waals surface area contributed by atoms with E-state index in [-0.39, 0.29) is 11.7 Å². The second-order valence-electron chi connectivity index (χ2n) is 4.75. The fourth-order valence-corrected chi connectivity index (χ4v) is 1.85. The quantitative estimate of drug-likeness (QED) is 0.855. The van der Waals surface area contributed by atoms with Crippen molar-refractivity contribution in [2.45, 2.75) is 25.3 Å². The van der Waals surface area contributed by atoms with Crippen molar-refractivity contribution in [1.82, 2.24) is 5.32 Å². The van der Waals surface area contributed by atoms with Crippen LogP contribution in [0.1, 0.15) is 19.3 Å². The van der Waals surface area contributed by atoms with Gasteiger partial charge < -0.3 is 15.0 Å². The van der Waals surface area contributed by atoms with E-state index in [2.05, 4.69) is 5.32 Å². The maximum Gasteiger partial charge on any atom is 0.227 e. The topological polar surface area (TPSA) is 41.6 Å². The number of hydrogen-bond donors (Lipinski definition) is 1. The molecular weight excluding hydrogens is 247 g/mol. The summed E-state index contributed by atoms with van der Waals surface area (Å²) in [6.45, 7) is 0.673. The molecule has 0 unspecified atom stereocenters. The highest BCUT2D eigenvalue weighted by atomic mass is 19.1. The Balaban J connectivity index is 1.91. The smallest absolute Gasteiger partial charge is 0.227 e. The zero-order chi connectivity index (χ0) is 13.8. The number of carbonyl (C=O) groups is 1. The number of halogens is 1. The van der Waals surface area contributed by atoms with E-state index < -0.39 is 5.82 Å². The Bertz CT molecular complexity index is 461. The number of amides is 1. The van der Waals surface area contributed by atoms with Gasteiger partial charge in [-0.3, -0.25) is 4.79 Å². The van der Waals surface area contributed by atoms with E-state index in [0.29, 0.717) is 24.7 Å². The van der Waals surface area contributed by atoms with Gasteiger partial charge in [0.2, 0.25) is 5.91 Å². The van der Waals surface area contributed by atoms with E-state index in [4.69, 9.17) is 4.74 Å². The average molecular weight is 266 g/mol. The van der Waals surface area contributed by atoms with Crippen LogP contribution in [0.15, 0.2) is 18.2 Å². The third-order valence-corrected chi connectivity index (χ3v) is 3.25. The Labute approximate surface area is 112 Å². The van der Waals surface area contributed by atoms with Gasteiger partial charge in [-0.1, -0.05) is 0 Å². The van der Waals surface area contributed by atoms with E-state index in [1.165, 1.54) is 37.0 Å². The second-order valence-corrected chi connectivity index (χ2v) is 4.75. The number of hydrogen-bond acceptors (Lipinski definition) is 3. The van der Waals surface area contributed by atoms with E-state index in [1.54, 1.807) is 13.1 Å². The molecule has 1 aromatic rings. The molecule has 0 aliphatic heterocycles. The zero-order valence-electron chi connectivity index (χ0n) is 11.3. The maximum absolute atomic E-state index is 13.6. The van der Waals surface area contributed by atoms with E-state index in [0.717, 1.165) is 0 Å². The molecule has 2 rings (SSSR count). The summed E-state index contributed by atoms with van der Waals surface area (Å²) >= 11 is 0. The number of carbonyl (C=O) groups excluding carboxylic acids is 1. The lowest BCUT2D eigenvalue weighted by Gasteiger charge is -2.18. The summed E-state index contributed by atoms with van der Waals surface area (Å²) in [5.41, 5.74) is 0.537. The number of nitrogens with zero attached hydrogens (tertiary/aromatic N) is 1. The third kappa shape index (κ3) is 3.67. The molecule has 1 amide bonds. The van der Waals surface area contributed by atoms with Crippen LogP contribution in [0.2, 0.25) is 0 Å². The number of rotatable bonds is 6. The highest BCUT2D eigenvalue weighted by molar-refractivity contribution is 5.92. The summed E-state index contributed by atoms with van der Waals surface area (Å²) in [5, 5.41) is 3.28. The summed E-state index contributed by atoms with van der Waals surface area (Å²) < 4.78 is 18.4. The number of anilines is 1. The first-order valence-electron chi connectivity index (χ1n) is 6.45. The van der Waals surface area contributed by atoms with Crippen molar-refractivity contribution in [3.8, 4) is 5.75 Å². The first-order chi connectivity index (χ1) is 9.11. The zero-order valence-corrected chi connectivity index (χ0v) is 11.3. The van der Waals surface area contributed by atoms with Crippen molar-refractivity contribution in [3.05, 3.63) is 24.0 Å². The molecule has 5 heteroatoms. The van der Waals surface area contributed by atoms with Gasteiger partial charge >= 0.3 is 0 Å². The second kappa shape index (κ2) is 6.02. The van der Waals surface area contributed by atoms with Gasteiger partial charge in [0.05, 0.1) is 7.11 Å². The summed E-state index contributed by atoms with van der Waals surface area (Å²) in [4.78, 5) is 13.4. The monoisotopic (exact) mass is 266 g/mol. The number of ether oxygens (including phenoxy) is 1. The van der Waals surface area contributed by atoms with Gasteiger partial charge in [-0.2, -0.15) is 0 Å². The standard InChI is InChI=1S/C14H19FN2O2/c1-17(14(18)7-8-16-10-3-4-10)11-5-6-13(19-2)12(15)9-11/h5-6,9-10,16H,3-4,7-8H2,1-2H3. The fraction of sp³-hybridized carbons (Fsp3) is 0.500. The van der Waals surface area contributed by atoms with Crippen LogP contribution in [0.3, 0.4) is 0 Å². The van der Waals surface area contributed by atoms with Gasteiger partial charge in [0, 0.05) is 37.8 Å². The van der Waals surface area contributed by atoms with E-state index >= 15 is 0 Å². The molecule has 0 heterocycles. The first kappa shape index (κ1) is 13.8. The molecule has 1 aliphatic carbocycles. The lowest BCUT2D eigenvalue weighted by Crippen LogP contribution is -2.30. The van der Waals surface area contributed by atoms with Gasteiger partial charge in [0.1, 0.15) is 0 Å². The minimum absolute atomic E-state index is 0.0299. The summed E-state index contributed by atoms with van der Waals surface area (Å²) in [6.07, 6.45) is 2.82. The molecule has 0 saturated heterocycles. The molecular formula is C14H19FN2O2. The normalized spacial score (nSPS) is 14.3. The Morgan fingerprint density at radius 1 is 1.53 bits per heavy atom. The Hall–Kier alpha value is -1.62. The molecule has 0 spiro atoms. The van der Waals surface area contributed by atoms with Crippen LogP contribution in [-0.2, 0) is 4.79 Å². The molecule has 1 aromatic carbocycles. The minimum atomic E-state index is -0.462.